The van der Waals surface area contributed by atoms with Crippen LogP contribution in [0.25, 0.3) is 0 Å². The molecule has 1 aliphatic heterocycles. The van der Waals surface area contributed by atoms with E-state index in [0.29, 0.717) is 6.04 Å². The molecule has 1 unspecified atom stereocenters. The van der Waals surface area contributed by atoms with Crippen molar-refractivity contribution in [2.45, 2.75) is 46.2 Å². The molecule has 1 aromatic rings. The van der Waals surface area contributed by atoms with E-state index in [9.17, 15) is 4.79 Å². The van der Waals surface area contributed by atoms with Gasteiger partial charge in [0.1, 0.15) is 0 Å². The lowest BCUT2D eigenvalue weighted by atomic mass is 10.2. The summed E-state index contributed by atoms with van der Waals surface area (Å²) >= 11 is 0. The second-order valence-corrected chi connectivity index (χ2v) is 5.41. The number of carbonyl (C=O) groups excluding carboxylic acids is 1. The summed E-state index contributed by atoms with van der Waals surface area (Å²) in [5.41, 5.74) is 3.02. The van der Waals surface area contributed by atoms with E-state index in [1.807, 2.05) is 13.0 Å². The van der Waals surface area contributed by atoms with Crippen molar-refractivity contribution < 1.29 is 4.79 Å². The molecule has 1 aliphatic rings. The monoisotopic (exact) mass is 285 g/mol. The van der Waals surface area contributed by atoms with E-state index in [-0.39, 0.29) is 24.4 Å². The zero-order valence-electron chi connectivity index (χ0n) is 12.1. The number of aryl methyl sites for hydroxylation is 1. The maximum absolute atomic E-state index is 12.3. The third-order valence-electron chi connectivity index (χ3n) is 3.64. The molecule has 1 amide bonds. The van der Waals surface area contributed by atoms with Crippen molar-refractivity contribution in [3.8, 4) is 0 Å². The third kappa shape index (κ3) is 3.31. The molecule has 0 bridgehead atoms. The third-order valence-corrected chi connectivity index (χ3v) is 3.64. The van der Waals surface area contributed by atoms with Crippen molar-refractivity contribution in [2.24, 2.45) is 0 Å². The molecule has 0 spiro atoms. The smallest absolute Gasteiger partial charge is 0.253 e. The topological polar surface area (TPSA) is 46.1 Å². The summed E-state index contributed by atoms with van der Waals surface area (Å²) < 4.78 is 2.21. The fourth-order valence-electron chi connectivity index (χ4n) is 2.84. The van der Waals surface area contributed by atoms with E-state index in [0.717, 1.165) is 36.5 Å². The molecule has 4 nitrogen and oxygen atoms in total. The van der Waals surface area contributed by atoms with Crippen molar-refractivity contribution in [1.82, 2.24) is 15.2 Å². The lowest BCUT2D eigenvalue weighted by Crippen LogP contribution is -2.36. The zero-order valence-corrected chi connectivity index (χ0v) is 12.9. The molecule has 2 N–H and O–H groups in total. The number of hydrogen-bond acceptors (Lipinski definition) is 2. The van der Waals surface area contributed by atoms with Gasteiger partial charge in [-0.05, 0) is 46.7 Å². The molecule has 0 saturated carbocycles. The Morgan fingerprint density at radius 3 is 2.63 bits per heavy atom. The quantitative estimate of drug-likeness (QED) is 0.894. The molecule has 108 valence electrons. The second kappa shape index (κ2) is 6.44. The number of aromatic nitrogens is 1. The molecular formula is C14H24ClN3O. The van der Waals surface area contributed by atoms with Gasteiger partial charge in [-0.25, -0.2) is 0 Å². The Labute approximate surface area is 121 Å². The van der Waals surface area contributed by atoms with Gasteiger partial charge in [0.05, 0.1) is 5.56 Å². The van der Waals surface area contributed by atoms with E-state index in [1.165, 1.54) is 0 Å². The molecule has 5 heteroatoms. The van der Waals surface area contributed by atoms with E-state index < -0.39 is 0 Å². The van der Waals surface area contributed by atoms with Crippen LogP contribution in [0.4, 0.5) is 0 Å². The van der Waals surface area contributed by atoms with Crippen molar-refractivity contribution >= 4 is 18.3 Å². The number of rotatable bonds is 3. The first kappa shape index (κ1) is 16.1. The van der Waals surface area contributed by atoms with E-state index in [1.54, 1.807) is 0 Å². The molecule has 1 atom stereocenters. The van der Waals surface area contributed by atoms with Crippen molar-refractivity contribution in [2.75, 3.05) is 13.1 Å². The van der Waals surface area contributed by atoms with Crippen molar-refractivity contribution in [3.63, 3.8) is 0 Å². The van der Waals surface area contributed by atoms with Crippen LogP contribution in [0.1, 0.15) is 48.1 Å². The highest BCUT2D eigenvalue weighted by atomic mass is 35.5. The minimum absolute atomic E-state index is 0. The van der Waals surface area contributed by atoms with Gasteiger partial charge >= 0.3 is 0 Å². The minimum atomic E-state index is 0. The van der Waals surface area contributed by atoms with Crippen LogP contribution < -0.4 is 10.6 Å². The highest BCUT2D eigenvalue weighted by Crippen LogP contribution is 2.20. The summed E-state index contributed by atoms with van der Waals surface area (Å²) in [6, 6.07) is 2.66. The van der Waals surface area contributed by atoms with Crippen LogP contribution >= 0.6 is 12.4 Å². The SMILES string of the molecule is Cc1cc(C(=O)NC2CCNC2)c(C)n1C(C)C.Cl. The standard InChI is InChI=1S/C14H23N3O.ClH/c1-9(2)17-10(3)7-13(11(17)4)14(18)16-12-5-6-15-8-12;/h7,9,12,15H,5-6,8H2,1-4H3,(H,16,18);1H. The zero-order chi connectivity index (χ0) is 13.3. The lowest BCUT2D eigenvalue weighted by Gasteiger charge is -2.14. The molecular weight excluding hydrogens is 262 g/mol. The van der Waals surface area contributed by atoms with Crippen LogP contribution in [-0.2, 0) is 0 Å². The van der Waals surface area contributed by atoms with Gasteiger partial charge in [0.15, 0.2) is 0 Å². The van der Waals surface area contributed by atoms with Gasteiger partial charge in [0.2, 0.25) is 0 Å². The normalized spacial score (nSPS) is 18.5. The van der Waals surface area contributed by atoms with Crippen LogP contribution in [0.3, 0.4) is 0 Å². The molecule has 1 aromatic heterocycles. The molecule has 0 radical (unpaired) electrons. The van der Waals surface area contributed by atoms with Crippen LogP contribution in [-0.4, -0.2) is 29.6 Å². The van der Waals surface area contributed by atoms with Gasteiger partial charge in [-0.1, -0.05) is 0 Å². The molecule has 0 aromatic carbocycles. The number of nitrogens with one attached hydrogen (secondary N) is 2. The van der Waals surface area contributed by atoms with Gasteiger partial charge in [-0.2, -0.15) is 0 Å². The van der Waals surface area contributed by atoms with Crippen molar-refractivity contribution in [1.29, 1.82) is 0 Å². The minimum Gasteiger partial charge on any atom is -0.348 e. The highest BCUT2D eigenvalue weighted by Gasteiger charge is 2.21. The molecule has 19 heavy (non-hydrogen) atoms. The number of amides is 1. The second-order valence-electron chi connectivity index (χ2n) is 5.41. The summed E-state index contributed by atoms with van der Waals surface area (Å²) in [4.78, 5) is 12.3. The molecule has 0 aliphatic carbocycles. The fraction of sp³-hybridized carbons (Fsp3) is 0.643. The predicted octanol–water partition coefficient (Wildman–Crippen LogP) is 2.20. The molecule has 1 saturated heterocycles. The first-order valence-electron chi connectivity index (χ1n) is 6.70. The fourth-order valence-corrected chi connectivity index (χ4v) is 2.84. The molecule has 1 fully saturated rings. The van der Waals surface area contributed by atoms with Gasteiger partial charge in [0.25, 0.3) is 5.91 Å². The average Bonchev–Trinajstić information content (AvgIpc) is 2.86. The highest BCUT2D eigenvalue weighted by molar-refractivity contribution is 5.96. The predicted molar refractivity (Wildman–Crippen MR) is 80.3 cm³/mol. The Morgan fingerprint density at radius 2 is 2.16 bits per heavy atom. The van der Waals surface area contributed by atoms with Gasteiger partial charge in [0, 0.05) is 30.0 Å². The Balaban J connectivity index is 0.00000180. The summed E-state index contributed by atoms with van der Waals surface area (Å²) in [7, 11) is 0. The Kier molecular flexibility index (Phi) is 5.44. The van der Waals surface area contributed by atoms with Gasteiger partial charge in [-0.15, -0.1) is 12.4 Å². The van der Waals surface area contributed by atoms with Gasteiger partial charge < -0.3 is 15.2 Å². The van der Waals surface area contributed by atoms with E-state index in [4.69, 9.17) is 0 Å². The van der Waals surface area contributed by atoms with Crippen molar-refractivity contribution in [3.05, 3.63) is 23.0 Å². The number of halogens is 1. The number of hydrogen-bond donors (Lipinski definition) is 2. The van der Waals surface area contributed by atoms with E-state index >= 15 is 0 Å². The van der Waals surface area contributed by atoms with Crippen LogP contribution in [0.15, 0.2) is 6.07 Å². The van der Waals surface area contributed by atoms with E-state index in [2.05, 4.69) is 36.0 Å². The number of carbonyl (C=O) groups is 1. The Hall–Kier alpha value is -1.000. The Bertz CT molecular complexity index is 448. The van der Waals surface area contributed by atoms with Crippen LogP contribution in [0.2, 0.25) is 0 Å². The number of nitrogens with zero attached hydrogens (tertiary/aromatic N) is 1. The first-order valence-corrected chi connectivity index (χ1v) is 6.70. The van der Waals surface area contributed by atoms with Gasteiger partial charge in [-0.3, -0.25) is 4.79 Å². The first-order chi connectivity index (χ1) is 8.50. The average molecular weight is 286 g/mol. The Morgan fingerprint density at radius 1 is 1.47 bits per heavy atom. The summed E-state index contributed by atoms with van der Waals surface area (Å²) in [5, 5.41) is 6.36. The van der Waals surface area contributed by atoms with Crippen LogP contribution in [0, 0.1) is 13.8 Å². The summed E-state index contributed by atoms with van der Waals surface area (Å²) in [5.74, 6) is 0.0590. The maximum Gasteiger partial charge on any atom is 0.253 e. The largest absolute Gasteiger partial charge is 0.348 e. The molecule has 2 heterocycles. The maximum atomic E-state index is 12.3. The molecule has 2 rings (SSSR count). The summed E-state index contributed by atoms with van der Waals surface area (Å²) in [6.07, 6.45) is 1.02. The summed E-state index contributed by atoms with van der Waals surface area (Å²) in [6.45, 7) is 10.2. The van der Waals surface area contributed by atoms with Crippen LogP contribution in [0.5, 0.6) is 0 Å². The lowest BCUT2D eigenvalue weighted by molar-refractivity contribution is 0.0939.